The van der Waals surface area contributed by atoms with Gasteiger partial charge in [0.2, 0.25) is 0 Å². The van der Waals surface area contributed by atoms with Crippen molar-refractivity contribution >= 4 is 29.0 Å². The fraction of sp³-hybridized carbons (Fsp3) is 0.207. The van der Waals surface area contributed by atoms with Crippen molar-refractivity contribution in [2.45, 2.75) is 25.4 Å². The number of pyridine rings is 1. The minimum atomic E-state index is -0.948. The summed E-state index contributed by atoms with van der Waals surface area (Å²) in [4.78, 5) is 18.1. The van der Waals surface area contributed by atoms with E-state index in [1.54, 1.807) is 24.4 Å². The van der Waals surface area contributed by atoms with Gasteiger partial charge in [-0.15, -0.1) is 0 Å². The first kappa shape index (κ1) is 24.5. The molecule has 3 heterocycles. The summed E-state index contributed by atoms with van der Waals surface area (Å²) in [7, 11) is 0. The van der Waals surface area contributed by atoms with Gasteiger partial charge < -0.3 is 25.1 Å². The Kier molecular flexibility index (Phi) is 7.18. The lowest BCUT2D eigenvalue weighted by Crippen LogP contribution is -2.31. The van der Waals surface area contributed by atoms with Crippen molar-refractivity contribution in [2.24, 2.45) is 0 Å². The van der Waals surface area contributed by atoms with Crippen LogP contribution in [0.2, 0.25) is 0 Å². The number of aryl methyl sites for hydroxylation is 1. The summed E-state index contributed by atoms with van der Waals surface area (Å²) < 4.78 is 6.41. The zero-order valence-corrected chi connectivity index (χ0v) is 21.2. The lowest BCUT2D eigenvalue weighted by atomic mass is 10.0. The molecule has 0 spiro atoms. The molecule has 188 valence electrons. The van der Waals surface area contributed by atoms with Crippen LogP contribution in [0.5, 0.6) is 0 Å². The number of anilines is 1. The maximum absolute atomic E-state index is 11.3. The normalized spacial score (nSPS) is 17.0. The van der Waals surface area contributed by atoms with Gasteiger partial charge in [-0.05, 0) is 79.7 Å². The molecule has 0 radical (unpaired) electrons. The number of nitrogens with zero attached hydrogens (tertiary/aromatic N) is 2. The second kappa shape index (κ2) is 10.8. The first-order valence-corrected chi connectivity index (χ1v) is 12.6. The van der Waals surface area contributed by atoms with E-state index in [1.165, 1.54) is 0 Å². The third-order valence-electron chi connectivity index (χ3n) is 6.53. The maximum Gasteiger partial charge on any atom is 0.335 e. The molecule has 1 fully saturated rings. The summed E-state index contributed by atoms with van der Waals surface area (Å²) in [5.74, 6) is 0.513. The third kappa shape index (κ3) is 5.34. The van der Waals surface area contributed by atoms with Gasteiger partial charge in [0.15, 0.2) is 5.11 Å². The number of rotatable bonds is 9. The van der Waals surface area contributed by atoms with Crippen molar-refractivity contribution < 1.29 is 14.3 Å². The number of aromatic carboxylic acids is 1. The van der Waals surface area contributed by atoms with E-state index in [2.05, 4.69) is 32.7 Å². The minimum Gasteiger partial charge on any atom is -0.478 e. The van der Waals surface area contributed by atoms with Gasteiger partial charge in [-0.2, -0.15) is 0 Å². The minimum absolute atomic E-state index is 0.162. The molecule has 0 saturated carbocycles. The Morgan fingerprint density at radius 1 is 1.11 bits per heavy atom. The smallest absolute Gasteiger partial charge is 0.335 e. The molecule has 37 heavy (non-hydrogen) atoms. The van der Waals surface area contributed by atoms with Gasteiger partial charge in [-0.3, -0.25) is 4.98 Å². The van der Waals surface area contributed by atoms with E-state index >= 15 is 0 Å². The highest BCUT2D eigenvalue weighted by atomic mass is 32.1. The van der Waals surface area contributed by atoms with Crippen molar-refractivity contribution in [3.05, 3.63) is 108 Å². The predicted molar refractivity (Wildman–Crippen MR) is 148 cm³/mol. The number of nitrogens with one attached hydrogen (secondary N) is 2. The summed E-state index contributed by atoms with van der Waals surface area (Å²) in [5.41, 5.74) is 3.93. The Morgan fingerprint density at radius 3 is 2.65 bits per heavy atom. The number of hydrogen-bond donors (Lipinski definition) is 3. The van der Waals surface area contributed by atoms with Crippen LogP contribution in [-0.4, -0.2) is 39.2 Å². The predicted octanol–water partition coefficient (Wildman–Crippen LogP) is 5.82. The van der Waals surface area contributed by atoms with Crippen LogP contribution in [0.25, 0.3) is 11.3 Å². The number of carboxylic acids is 1. The van der Waals surface area contributed by atoms with Crippen molar-refractivity contribution in [2.75, 3.05) is 18.4 Å². The summed E-state index contributed by atoms with van der Waals surface area (Å²) in [5, 5.41) is 16.9. The molecule has 8 heteroatoms. The molecule has 7 nitrogen and oxygen atoms in total. The van der Waals surface area contributed by atoms with E-state index in [1.807, 2.05) is 55.5 Å². The van der Waals surface area contributed by atoms with Crippen LogP contribution >= 0.6 is 12.2 Å². The Labute approximate surface area is 221 Å². The van der Waals surface area contributed by atoms with Crippen molar-refractivity contribution in [1.82, 2.24) is 15.2 Å². The molecule has 3 N–H and O–H groups in total. The van der Waals surface area contributed by atoms with Crippen LogP contribution in [0.4, 0.5) is 5.69 Å². The molecule has 5 rings (SSSR count). The molecule has 0 amide bonds. The first-order valence-electron chi connectivity index (χ1n) is 12.2. The molecular formula is C29H28N4O3S. The Balaban J connectivity index is 1.40. The van der Waals surface area contributed by atoms with E-state index in [9.17, 15) is 9.90 Å². The highest BCUT2D eigenvalue weighted by Gasteiger charge is 2.41. The van der Waals surface area contributed by atoms with Gasteiger partial charge in [-0.25, -0.2) is 4.79 Å². The average molecular weight is 513 g/mol. The fourth-order valence-electron chi connectivity index (χ4n) is 4.72. The topological polar surface area (TPSA) is 90.6 Å². The van der Waals surface area contributed by atoms with Gasteiger partial charge in [0.05, 0.1) is 17.3 Å². The molecule has 2 aromatic carbocycles. The Hall–Kier alpha value is -4.17. The Bertz CT molecular complexity index is 1390. The van der Waals surface area contributed by atoms with Crippen LogP contribution in [0.1, 0.15) is 45.9 Å². The molecule has 2 aromatic heterocycles. The van der Waals surface area contributed by atoms with Crippen LogP contribution in [-0.2, 0) is 0 Å². The summed E-state index contributed by atoms with van der Waals surface area (Å²) in [6, 6.07) is 24.6. The number of carbonyl (C=O) groups is 1. The van der Waals surface area contributed by atoms with Crippen LogP contribution in [0.15, 0.2) is 89.5 Å². The first-order chi connectivity index (χ1) is 18.0. The van der Waals surface area contributed by atoms with Gasteiger partial charge in [0, 0.05) is 30.5 Å². The number of aromatic nitrogens is 1. The maximum atomic E-state index is 11.3. The zero-order chi connectivity index (χ0) is 25.8. The second-order valence-electron chi connectivity index (χ2n) is 9.00. The quantitative estimate of drug-likeness (QED) is 0.191. The van der Waals surface area contributed by atoms with Crippen molar-refractivity contribution in [3.63, 3.8) is 0 Å². The molecule has 1 aliphatic rings. The Morgan fingerprint density at radius 2 is 1.92 bits per heavy atom. The summed E-state index contributed by atoms with van der Waals surface area (Å²) in [6.45, 7) is 3.43. The van der Waals surface area contributed by atoms with Crippen molar-refractivity contribution in [3.8, 4) is 11.3 Å². The van der Waals surface area contributed by atoms with Gasteiger partial charge in [0.25, 0.3) is 0 Å². The molecule has 0 unspecified atom stereocenters. The monoisotopic (exact) mass is 512 g/mol. The van der Waals surface area contributed by atoms with Crippen molar-refractivity contribution in [1.29, 1.82) is 0 Å². The molecule has 0 bridgehead atoms. The largest absolute Gasteiger partial charge is 0.478 e. The zero-order valence-electron chi connectivity index (χ0n) is 20.4. The highest BCUT2D eigenvalue weighted by molar-refractivity contribution is 7.80. The standard InChI is InChI=1S/C29H28N4O3S/c1-19-18-20(28(34)35)11-12-22(19)24-13-14-25(36-24)27-26(23-10-5-6-15-31-23)32-29(37)33(27)17-7-16-30-21-8-3-2-4-9-21/h2-6,8-15,18,26-27,30H,7,16-17H2,1H3,(H,32,37)(H,34,35)/t26-,27+/m0/s1. The van der Waals surface area contributed by atoms with Crippen LogP contribution < -0.4 is 10.6 Å². The van der Waals surface area contributed by atoms with E-state index < -0.39 is 5.97 Å². The van der Waals surface area contributed by atoms with Crippen LogP contribution in [0, 0.1) is 6.92 Å². The number of furan rings is 1. The molecule has 2 atom stereocenters. The number of para-hydroxylation sites is 1. The molecule has 1 saturated heterocycles. The van der Waals surface area contributed by atoms with E-state index in [4.69, 9.17) is 16.6 Å². The SMILES string of the molecule is Cc1cc(C(=O)O)ccc1-c1ccc([C@@H]2[C@H](c3ccccn3)NC(=S)N2CCCNc2ccccc2)o1. The summed E-state index contributed by atoms with van der Waals surface area (Å²) in [6.07, 6.45) is 2.66. The number of hydrogen-bond acceptors (Lipinski definition) is 5. The second-order valence-corrected chi connectivity index (χ2v) is 9.39. The third-order valence-corrected chi connectivity index (χ3v) is 6.89. The molecule has 0 aliphatic carbocycles. The number of carboxylic acid groups (broad SMARTS) is 1. The lowest BCUT2D eigenvalue weighted by Gasteiger charge is -2.26. The van der Waals surface area contributed by atoms with E-state index in [-0.39, 0.29) is 17.6 Å². The fourth-order valence-corrected chi connectivity index (χ4v) is 5.05. The molecule has 1 aliphatic heterocycles. The van der Waals surface area contributed by atoms with Gasteiger partial charge >= 0.3 is 5.97 Å². The van der Waals surface area contributed by atoms with Gasteiger partial charge in [-0.1, -0.05) is 30.3 Å². The number of benzene rings is 2. The summed E-state index contributed by atoms with van der Waals surface area (Å²) >= 11 is 5.77. The highest BCUT2D eigenvalue weighted by Crippen LogP contribution is 2.40. The van der Waals surface area contributed by atoms with Crippen LogP contribution in [0.3, 0.4) is 0 Å². The van der Waals surface area contributed by atoms with Gasteiger partial charge in [0.1, 0.15) is 17.6 Å². The average Bonchev–Trinajstić information content (AvgIpc) is 3.52. The van der Waals surface area contributed by atoms with E-state index in [0.29, 0.717) is 10.9 Å². The molecule has 4 aromatic rings. The molecular weight excluding hydrogens is 484 g/mol. The van der Waals surface area contributed by atoms with E-state index in [0.717, 1.165) is 47.8 Å². The number of thiocarbonyl (C=S) groups is 1. The lowest BCUT2D eigenvalue weighted by molar-refractivity contribution is 0.0696.